The Hall–Kier alpha value is -5.35. The van der Waals surface area contributed by atoms with Gasteiger partial charge in [-0.3, -0.25) is 23.7 Å². The van der Waals surface area contributed by atoms with E-state index in [9.17, 15) is 28.6 Å². The van der Waals surface area contributed by atoms with Crippen molar-refractivity contribution in [1.82, 2.24) is 16.0 Å². The van der Waals surface area contributed by atoms with Gasteiger partial charge in [-0.2, -0.15) is 0 Å². The smallest absolute Gasteiger partial charge is 0.262 e. The van der Waals surface area contributed by atoms with Crippen molar-refractivity contribution in [3.63, 3.8) is 0 Å². The van der Waals surface area contributed by atoms with Crippen LogP contribution in [0.2, 0.25) is 0 Å². The Bertz CT molecular complexity index is 1910. The number of benzene rings is 4. The molecule has 0 aliphatic carbocycles. The molecule has 0 spiro atoms. The van der Waals surface area contributed by atoms with E-state index >= 15 is 0 Å². The van der Waals surface area contributed by atoms with Gasteiger partial charge in [0.2, 0.25) is 25.1 Å². The molecule has 262 valence electrons. The summed E-state index contributed by atoms with van der Waals surface area (Å²) in [5.74, 6) is -4.98. The first kappa shape index (κ1) is 36.9. The zero-order chi connectivity index (χ0) is 36.2. The molecule has 0 saturated heterocycles. The van der Waals surface area contributed by atoms with E-state index < -0.39 is 60.9 Å². The quantitative estimate of drug-likeness (QED) is 0.0914. The topological polar surface area (TPSA) is 168 Å². The van der Waals surface area contributed by atoms with Crippen LogP contribution >= 0.6 is 18.7 Å². The minimum absolute atomic E-state index is 0.0145. The lowest BCUT2D eigenvalue weighted by molar-refractivity contribution is -0.131. The molecule has 1 aromatic heterocycles. The highest BCUT2D eigenvalue weighted by Gasteiger charge is 2.39. The molecule has 0 aliphatic heterocycles. The monoisotopic (exact) mass is 722 g/mol. The summed E-state index contributed by atoms with van der Waals surface area (Å²) in [4.78, 5) is 65.7. The van der Waals surface area contributed by atoms with Crippen molar-refractivity contribution in [2.45, 2.75) is 36.6 Å². The molecule has 0 saturated carbocycles. The maximum absolute atomic E-state index is 14.3. The standard InChI is InChI=1S/C39H39N4O6PS/c40-37(45)31(24-27-14-5-1-6-15-27)41-39(47)36(35(29-18-9-3-10-19-29)30-20-11-4-12-21-30)42-33(44)26-50(48,49)34(25-28-16-7-2-8-17-28)43-38(46)32-22-13-23-51-32/h1-23,31,34-36H,24-26H2,(H2,40,45)(H,41,47)(H,42,44)(H,43,46)(H,48,49)/t31?,34-,36-/m0/s1. The number of nitrogens with one attached hydrogen (secondary N) is 3. The fraction of sp³-hybridized carbons (Fsp3) is 0.179. The number of amides is 4. The van der Waals surface area contributed by atoms with E-state index in [1.54, 1.807) is 96.4 Å². The van der Waals surface area contributed by atoms with Crippen molar-refractivity contribution in [2.75, 3.05) is 6.16 Å². The average molecular weight is 723 g/mol. The number of carbonyl (C=O) groups is 4. The molecule has 2 unspecified atom stereocenters. The molecule has 0 aliphatic rings. The molecule has 0 bridgehead atoms. The Morgan fingerprint density at radius 3 is 1.67 bits per heavy atom. The van der Waals surface area contributed by atoms with Gasteiger partial charge in [0.25, 0.3) is 5.91 Å². The highest BCUT2D eigenvalue weighted by molar-refractivity contribution is 7.59. The second kappa shape index (κ2) is 17.5. The summed E-state index contributed by atoms with van der Waals surface area (Å²) in [6, 6.07) is 36.9. The maximum atomic E-state index is 14.3. The van der Waals surface area contributed by atoms with Crippen molar-refractivity contribution in [1.29, 1.82) is 0 Å². The van der Waals surface area contributed by atoms with Crippen LogP contribution in [-0.2, 0) is 31.8 Å². The van der Waals surface area contributed by atoms with Crippen molar-refractivity contribution in [2.24, 2.45) is 5.73 Å². The zero-order valence-electron chi connectivity index (χ0n) is 27.6. The second-order valence-electron chi connectivity index (χ2n) is 12.1. The average Bonchev–Trinajstić information content (AvgIpc) is 3.68. The van der Waals surface area contributed by atoms with Crippen LogP contribution in [0.15, 0.2) is 139 Å². The van der Waals surface area contributed by atoms with E-state index in [-0.39, 0.29) is 12.8 Å². The number of thiophene rings is 1. The Labute approximate surface area is 300 Å². The third kappa shape index (κ3) is 10.3. The molecule has 5 aromatic rings. The Morgan fingerprint density at radius 2 is 1.18 bits per heavy atom. The van der Waals surface area contributed by atoms with Gasteiger partial charge in [0, 0.05) is 18.8 Å². The lowest BCUT2D eigenvalue weighted by Crippen LogP contribution is -2.56. The maximum Gasteiger partial charge on any atom is 0.262 e. The van der Waals surface area contributed by atoms with Crippen molar-refractivity contribution in [3.8, 4) is 0 Å². The highest BCUT2D eigenvalue weighted by atomic mass is 32.1. The molecule has 6 N–H and O–H groups in total. The highest BCUT2D eigenvalue weighted by Crippen LogP contribution is 2.46. The summed E-state index contributed by atoms with van der Waals surface area (Å²) in [6.07, 6.45) is -0.793. The van der Waals surface area contributed by atoms with E-state index in [2.05, 4.69) is 16.0 Å². The molecule has 4 amide bonds. The van der Waals surface area contributed by atoms with Gasteiger partial charge in [0.15, 0.2) is 0 Å². The van der Waals surface area contributed by atoms with Crippen LogP contribution in [-0.4, -0.2) is 52.6 Å². The van der Waals surface area contributed by atoms with E-state index in [1.165, 1.54) is 11.3 Å². The van der Waals surface area contributed by atoms with E-state index in [0.29, 0.717) is 21.6 Å². The van der Waals surface area contributed by atoms with Crippen molar-refractivity contribution >= 4 is 42.3 Å². The molecule has 0 radical (unpaired) electrons. The Balaban J connectivity index is 1.46. The van der Waals surface area contributed by atoms with Gasteiger partial charge in [-0.05, 0) is 33.7 Å². The van der Waals surface area contributed by atoms with Crippen LogP contribution in [0, 0.1) is 0 Å². The predicted molar refractivity (Wildman–Crippen MR) is 198 cm³/mol. The van der Waals surface area contributed by atoms with Crippen LogP contribution in [0.25, 0.3) is 0 Å². The molecule has 1 heterocycles. The van der Waals surface area contributed by atoms with Crippen molar-refractivity contribution in [3.05, 3.63) is 166 Å². The van der Waals surface area contributed by atoms with E-state index in [4.69, 9.17) is 5.73 Å². The number of hydrogen-bond acceptors (Lipinski definition) is 6. The summed E-state index contributed by atoms with van der Waals surface area (Å²) in [5.41, 5.74) is 8.55. The van der Waals surface area contributed by atoms with Gasteiger partial charge in [0.1, 0.15) is 24.0 Å². The first-order valence-corrected chi connectivity index (χ1v) is 19.1. The van der Waals surface area contributed by atoms with E-state index in [0.717, 1.165) is 5.56 Å². The molecule has 4 aromatic carbocycles. The summed E-state index contributed by atoms with van der Waals surface area (Å²) < 4.78 is 14.1. The number of rotatable bonds is 16. The molecular formula is C39H39N4O6PS. The molecule has 12 heteroatoms. The largest absolute Gasteiger partial charge is 0.368 e. The number of carbonyl (C=O) groups excluding carboxylic acids is 4. The molecular weight excluding hydrogens is 683 g/mol. The van der Waals surface area contributed by atoms with Crippen LogP contribution in [0.3, 0.4) is 0 Å². The normalized spacial score (nSPS) is 14.0. The van der Waals surface area contributed by atoms with Crippen LogP contribution in [0.4, 0.5) is 0 Å². The van der Waals surface area contributed by atoms with Gasteiger partial charge in [-0.25, -0.2) is 0 Å². The van der Waals surface area contributed by atoms with Gasteiger partial charge in [0.05, 0.1) is 4.88 Å². The number of hydrogen-bond donors (Lipinski definition) is 5. The second-order valence-corrected chi connectivity index (χ2v) is 15.5. The minimum atomic E-state index is -4.47. The summed E-state index contributed by atoms with van der Waals surface area (Å²) >= 11 is 1.18. The van der Waals surface area contributed by atoms with Crippen LogP contribution in [0.1, 0.15) is 37.8 Å². The van der Waals surface area contributed by atoms with Gasteiger partial charge in [-0.15, -0.1) is 11.3 Å². The fourth-order valence-electron chi connectivity index (χ4n) is 5.83. The first-order chi connectivity index (χ1) is 24.6. The lowest BCUT2D eigenvalue weighted by Gasteiger charge is -2.30. The fourth-order valence-corrected chi connectivity index (χ4v) is 7.99. The van der Waals surface area contributed by atoms with E-state index in [1.807, 2.05) is 42.5 Å². The summed E-state index contributed by atoms with van der Waals surface area (Å²) in [7, 11) is -4.47. The van der Waals surface area contributed by atoms with Crippen LogP contribution in [0.5, 0.6) is 0 Å². The zero-order valence-corrected chi connectivity index (χ0v) is 29.3. The summed E-state index contributed by atoms with van der Waals surface area (Å²) in [6.45, 7) is 0. The molecule has 4 atom stereocenters. The first-order valence-electron chi connectivity index (χ1n) is 16.3. The third-order valence-corrected chi connectivity index (χ3v) is 11.3. The predicted octanol–water partition coefficient (Wildman–Crippen LogP) is 4.85. The SMILES string of the molecule is NC(=O)C(Cc1ccccc1)NC(=O)[C@@H](NC(=O)CP(=O)(O)[C@@H](Cc1ccccc1)NC(=O)c1cccs1)C(c1ccccc1)c1ccccc1. The molecule has 51 heavy (non-hydrogen) atoms. The Morgan fingerprint density at radius 1 is 0.667 bits per heavy atom. The summed E-state index contributed by atoms with van der Waals surface area (Å²) in [5, 5.41) is 9.86. The Kier molecular flexibility index (Phi) is 12.7. The molecule has 0 fully saturated rings. The minimum Gasteiger partial charge on any atom is -0.368 e. The van der Waals surface area contributed by atoms with Crippen molar-refractivity contribution < 1.29 is 28.6 Å². The third-order valence-electron chi connectivity index (χ3n) is 8.36. The van der Waals surface area contributed by atoms with Gasteiger partial charge < -0.3 is 26.6 Å². The van der Waals surface area contributed by atoms with Gasteiger partial charge >= 0.3 is 0 Å². The number of nitrogens with two attached hydrogens (primary N) is 1. The van der Waals surface area contributed by atoms with Gasteiger partial charge in [-0.1, -0.05) is 127 Å². The van der Waals surface area contributed by atoms with Crippen LogP contribution < -0.4 is 21.7 Å². The number of primary amides is 1. The molecule has 5 rings (SSSR count). The lowest BCUT2D eigenvalue weighted by atomic mass is 9.84. The molecule has 10 nitrogen and oxygen atoms in total.